The fourth-order valence-corrected chi connectivity index (χ4v) is 3.99. The monoisotopic (exact) mass is 742 g/mol. The summed E-state index contributed by atoms with van der Waals surface area (Å²) in [5.74, 6) is 1.69. The first-order chi connectivity index (χ1) is 25.9. The summed E-state index contributed by atoms with van der Waals surface area (Å²) in [4.78, 5) is 0. The molecule has 2 aromatic carbocycles. The van der Waals surface area contributed by atoms with Crippen LogP contribution in [0.2, 0.25) is 0 Å². The van der Waals surface area contributed by atoms with E-state index in [9.17, 15) is 0 Å². The van der Waals surface area contributed by atoms with E-state index in [1.54, 1.807) is 0 Å². The largest absolute Gasteiger partial charge is 0.491 e. The van der Waals surface area contributed by atoms with Crippen LogP contribution in [0.25, 0.3) is 0 Å². The maximum absolute atomic E-state index is 5.56. The van der Waals surface area contributed by atoms with E-state index in [1.807, 2.05) is 60.7 Å². The molecule has 0 aromatic heterocycles. The lowest BCUT2D eigenvalue weighted by Crippen LogP contribution is -2.15. The molecule has 0 fully saturated rings. The molecular weight excluding hydrogens is 680 g/mol. The molecule has 0 bridgehead atoms. The van der Waals surface area contributed by atoms with Gasteiger partial charge in [-0.2, -0.15) is 0 Å². The Hall–Kier alpha value is -2.44. The highest BCUT2D eigenvalue weighted by Gasteiger charge is 1.98. The number of rotatable bonds is 41. The number of benzene rings is 2. The van der Waals surface area contributed by atoms with Crippen LogP contribution in [0.15, 0.2) is 60.7 Å². The maximum atomic E-state index is 5.56. The molecule has 0 atom stereocenters. The van der Waals surface area contributed by atoms with Gasteiger partial charge >= 0.3 is 0 Å². The Morgan fingerprint density at radius 3 is 0.519 bits per heavy atom. The molecule has 52 heavy (non-hydrogen) atoms. The van der Waals surface area contributed by atoms with E-state index in [0.717, 1.165) is 11.5 Å². The van der Waals surface area contributed by atoms with E-state index in [1.165, 1.54) is 0 Å². The van der Waals surface area contributed by atoms with Gasteiger partial charge in [0.2, 0.25) is 0 Å². The predicted molar refractivity (Wildman–Crippen MR) is 194 cm³/mol. The molecule has 0 amide bonds. The summed E-state index contributed by atoms with van der Waals surface area (Å²) in [6.07, 6.45) is 0. The normalized spacial score (nSPS) is 11.3. The van der Waals surface area contributed by atoms with E-state index in [0.29, 0.717) is 172 Å². The third-order valence-electron chi connectivity index (χ3n) is 6.57. The van der Waals surface area contributed by atoms with E-state index in [-0.39, 0.29) is 0 Å². The van der Waals surface area contributed by atoms with Gasteiger partial charge in [-0.05, 0) is 24.3 Å². The highest BCUT2D eigenvalue weighted by Crippen LogP contribution is 2.08. The fraction of sp³-hybridized carbons (Fsp3) is 0.684. The first kappa shape index (κ1) is 45.7. The highest BCUT2D eigenvalue weighted by molar-refractivity contribution is 5.21. The summed E-state index contributed by atoms with van der Waals surface area (Å²) in [7, 11) is 0. The minimum absolute atomic E-state index is 0.504. The summed E-state index contributed by atoms with van der Waals surface area (Å²) < 4.78 is 77.0. The molecule has 14 nitrogen and oxygen atoms in total. The van der Waals surface area contributed by atoms with Gasteiger partial charge in [0.25, 0.3) is 0 Å². The quantitative estimate of drug-likeness (QED) is 0.0924. The number of hydrogen-bond donors (Lipinski definition) is 0. The molecule has 14 heteroatoms. The van der Waals surface area contributed by atoms with Gasteiger partial charge in [-0.3, -0.25) is 0 Å². The van der Waals surface area contributed by atoms with Gasteiger partial charge < -0.3 is 66.3 Å². The van der Waals surface area contributed by atoms with Gasteiger partial charge in [-0.1, -0.05) is 36.4 Å². The Labute approximate surface area is 310 Å². The van der Waals surface area contributed by atoms with E-state index >= 15 is 0 Å². The van der Waals surface area contributed by atoms with Crippen molar-refractivity contribution in [2.24, 2.45) is 0 Å². The lowest BCUT2D eigenvalue weighted by atomic mass is 10.3. The second-order valence-electron chi connectivity index (χ2n) is 10.7. The van der Waals surface area contributed by atoms with Crippen LogP contribution in [0.3, 0.4) is 0 Å². The second kappa shape index (κ2) is 38.3. The molecule has 0 N–H and O–H groups in total. The lowest BCUT2D eigenvalue weighted by molar-refractivity contribution is -0.0287. The van der Waals surface area contributed by atoms with Gasteiger partial charge in [0.05, 0.1) is 159 Å². The van der Waals surface area contributed by atoms with Gasteiger partial charge in [-0.25, -0.2) is 0 Å². The molecule has 0 spiro atoms. The highest BCUT2D eigenvalue weighted by atomic mass is 16.6. The van der Waals surface area contributed by atoms with Crippen LogP contribution >= 0.6 is 0 Å². The smallest absolute Gasteiger partial charge is 0.119 e. The average molecular weight is 743 g/mol. The molecule has 2 rings (SSSR count). The van der Waals surface area contributed by atoms with Crippen molar-refractivity contribution in [2.75, 3.05) is 172 Å². The maximum Gasteiger partial charge on any atom is 0.119 e. The SMILES string of the molecule is c1ccc(OCCOCCOCCOCCOCCOCCOCCOCCOCCOCCOCCOCCOCCOc2ccccc2)cc1. The minimum Gasteiger partial charge on any atom is -0.491 e. The van der Waals surface area contributed by atoms with Crippen molar-refractivity contribution in [3.05, 3.63) is 60.7 Å². The second-order valence-corrected chi connectivity index (χ2v) is 10.7. The number of para-hydroxylation sites is 2. The zero-order valence-electron chi connectivity index (χ0n) is 30.9. The summed E-state index contributed by atoms with van der Waals surface area (Å²) in [6, 6.07) is 19.3. The molecule has 0 aliphatic heterocycles. The molecule has 0 aliphatic rings. The van der Waals surface area contributed by atoms with Crippen LogP contribution in [-0.4, -0.2) is 172 Å². The standard InChI is InChI=1S/C38H62O14/c1-3-7-37(8-4-1)51-35-33-49-31-29-47-27-25-45-23-21-43-19-17-41-15-13-39-11-12-40-14-16-42-18-20-44-22-24-46-26-28-48-30-32-50-34-36-52-38-9-5-2-6-10-38/h1-10H,11-36H2. The molecule has 0 heterocycles. The third-order valence-corrected chi connectivity index (χ3v) is 6.57. The minimum atomic E-state index is 0.504. The Morgan fingerprint density at radius 2 is 0.346 bits per heavy atom. The van der Waals surface area contributed by atoms with Gasteiger partial charge in [0.15, 0.2) is 0 Å². The van der Waals surface area contributed by atoms with Crippen LogP contribution in [-0.2, 0) is 56.8 Å². The van der Waals surface area contributed by atoms with Crippen molar-refractivity contribution in [1.29, 1.82) is 0 Å². The Kier molecular flexibility index (Phi) is 33.7. The number of hydrogen-bond acceptors (Lipinski definition) is 14. The molecule has 0 saturated carbocycles. The topological polar surface area (TPSA) is 129 Å². The van der Waals surface area contributed by atoms with Crippen molar-refractivity contribution in [2.45, 2.75) is 0 Å². The van der Waals surface area contributed by atoms with Crippen LogP contribution in [0.1, 0.15) is 0 Å². The van der Waals surface area contributed by atoms with Crippen LogP contribution in [0, 0.1) is 0 Å². The molecule has 0 radical (unpaired) electrons. The Balaban J connectivity index is 1.12. The zero-order chi connectivity index (χ0) is 36.5. The van der Waals surface area contributed by atoms with Crippen LogP contribution in [0.4, 0.5) is 0 Å². The Bertz CT molecular complexity index is 882. The zero-order valence-corrected chi connectivity index (χ0v) is 30.9. The van der Waals surface area contributed by atoms with E-state index < -0.39 is 0 Å². The number of ether oxygens (including phenoxy) is 14. The fourth-order valence-electron chi connectivity index (χ4n) is 3.99. The van der Waals surface area contributed by atoms with Crippen LogP contribution < -0.4 is 9.47 Å². The molecule has 0 saturated heterocycles. The first-order valence-electron chi connectivity index (χ1n) is 18.2. The van der Waals surface area contributed by atoms with Crippen molar-refractivity contribution in [3.63, 3.8) is 0 Å². The van der Waals surface area contributed by atoms with Gasteiger partial charge in [-0.15, -0.1) is 0 Å². The van der Waals surface area contributed by atoms with Crippen LogP contribution in [0.5, 0.6) is 11.5 Å². The summed E-state index contributed by atoms with van der Waals surface area (Å²) in [5, 5.41) is 0. The molecular formula is C38H62O14. The molecule has 2 aromatic rings. The average Bonchev–Trinajstić information content (AvgIpc) is 3.18. The van der Waals surface area contributed by atoms with Crippen molar-refractivity contribution in [3.8, 4) is 11.5 Å². The first-order valence-corrected chi connectivity index (χ1v) is 18.2. The van der Waals surface area contributed by atoms with Gasteiger partial charge in [0.1, 0.15) is 24.7 Å². The van der Waals surface area contributed by atoms with Crippen molar-refractivity contribution >= 4 is 0 Å². The van der Waals surface area contributed by atoms with Crippen molar-refractivity contribution in [1.82, 2.24) is 0 Å². The summed E-state index contributed by atoms with van der Waals surface area (Å²) in [6.45, 7) is 13.3. The lowest BCUT2D eigenvalue weighted by Gasteiger charge is -2.09. The summed E-state index contributed by atoms with van der Waals surface area (Å²) >= 11 is 0. The predicted octanol–water partition coefficient (Wildman–Crippen LogP) is 3.34. The molecule has 0 aliphatic carbocycles. The van der Waals surface area contributed by atoms with Crippen molar-refractivity contribution < 1.29 is 66.3 Å². The molecule has 298 valence electrons. The van der Waals surface area contributed by atoms with Gasteiger partial charge in [0, 0.05) is 0 Å². The third kappa shape index (κ3) is 32.2. The summed E-state index contributed by atoms with van der Waals surface area (Å²) in [5.41, 5.74) is 0. The molecule has 0 unspecified atom stereocenters. The van der Waals surface area contributed by atoms with E-state index in [2.05, 4.69) is 0 Å². The Morgan fingerprint density at radius 1 is 0.192 bits per heavy atom. The van der Waals surface area contributed by atoms with E-state index in [4.69, 9.17) is 66.3 Å².